The van der Waals surface area contributed by atoms with Gasteiger partial charge in [-0.1, -0.05) is 92.9 Å². The van der Waals surface area contributed by atoms with Crippen LogP contribution in [-0.2, 0) is 28.7 Å². The molecule has 35 heavy (non-hydrogen) atoms. The van der Waals surface area contributed by atoms with Crippen molar-refractivity contribution in [1.82, 2.24) is 0 Å². The Morgan fingerprint density at radius 3 is 1.11 bits per heavy atom. The van der Waals surface area contributed by atoms with Gasteiger partial charge in [-0.15, -0.1) is 0 Å². The molecule has 0 N–H and O–H groups in total. The van der Waals surface area contributed by atoms with E-state index in [1.807, 2.05) is 0 Å². The number of hydrogen-bond acceptors (Lipinski definition) is 8. The van der Waals surface area contributed by atoms with Crippen LogP contribution >= 0.6 is 0 Å². The molecule has 0 saturated heterocycles. The third-order valence-corrected chi connectivity index (χ3v) is 4.20. The van der Waals surface area contributed by atoms with Gasteiger partial charge in [0.1, 0.15) is 0 Å². The molecule has 0 spiro atoms. The van der Waals surface area contributed by atoms with Gasteiger partial charge in [-0.2, -0.15) is 0 Å². The van der Waals surface area contributed by atoms with Crippen LogP contribution in [0.1, 0.15) is 106 Å². The second-order valence-corrected chi connectivity index (χ2v) is 7.18. The Kier molecular flexibility index (Phi) is 42.4. The molecule has 2 radical (unpaired) electrons. The molecule has 0 heterocycles. The summed E-state index contributed by atoms with van der Waals surface area (Å²) in [6, 6.07) is 0. The summed E-state index contributed by atoms with van der Waals surface area (Å²) in [5, 5.41) is 19.9. The van der Waals surface area contributed by atoms with Gasteiger partial charge in [0, 0.05) is 12.2 Å². The first-order chi connectivity index (χ1) is 15.3. The van der Waals surface area contributed by atoms with E-state index in [0.29, 0.717) is 25.4 Å². The first-order valence-electron chi connectivity index (χ1n) is 11.4. The van der Waals surface area contributed by atoms with Crippen LogP contribution in [0.2, 0.25) is 0 Å². The molecule has 0 bridgehead atoms. The summed E-state index contributed by atoms with van der Waals surface area (Å²) < 4.78 is 9.56. The molecule has 0 atom stereocenters. The predicted octanol–water partition coefficient (Wildman–Crippen LogP) is 3.28. The van der Waals surface area contributed by atoms with Crippen LogP contribution in [0.15, 0.2) is 24.3 Å². The standard InChI is InChI=1S/2C12H20O4.2CH4.Sn/c2*1-2-3-4-5-6-7-10-16-12(15)9-8-11(13)14;;;/h2*8-9H,2-7,10H2,1H3,(H,13,14);2*1H4;/q;;;;+2/p-2. The number of carboxylic acid groups (broad SMARTS) is 2. The summed E-state index contributed by atoms with van der Waals surface area (Å²) in [7, 11) is 0. The van der Waals surface area contributed by atoms with E-state index in [4.69, 9.17) is 9.47 Å². The van der Waals surface area contributed by atoms with E-state index in [1.54, 1.807) is 0 Å². The molecular weight excluding hydrogens is 559 g/mol. The monoisotopic (exact) mass is 606 g/mol. The van der Waals surface area contributed by atoms with Crippen LogP contribution in [-0.4, -0.2) is 61.0 Å². The number of aliphatic carboxylic acids is 2. The van der Waals surface area contributed by atoms with Crippen molar-refractivity contribution < 1.29 is 38.9 Å². The number of carbonyl (C=O) groups is 4. The maximum atomic E-state index is 10.9. The number of esters is 2. The van der Waals surface area contributed by atoms with Gasteiger partial charge in [0.05, 0.1) is 25.2 Å². The molecular formula is C26H46O8Sn. The summed E-state index contributed by atoms with van der Waals surface area (Å²) in [5.74, 6) is -4.04. The fourth-order valence-electron chi connectivity index (χ4n) is 2.48. The molecule has 9 heteroatoms. The third-order valence-electron chi connectivity index (χ3n) is 4.20. The predicted molar refractivity (Wildman–Crippen MR) is 136 cm³/mol. The molecule has 0 aromatic rings. The van der Waals surface area contributed by atoms with Crippen LogP contribution in [0.25, 0.3) is 0 Å². The van der Waals surface area contributed by atoms with E-state index in [-0.39, 0.29) is 38.8 Å². The fourth-order valence-corrected chi connectivity index (χ4v) is 2.48. The Morgan fingerprint density at radius 1 is 0.543 bits per heavy atom. The molecule has 0 unspecified atom stereocenters. The number of ether oxygens (including phenoxy) is 2. The maximum absolute atomic E-state index is 10.9. The van der Waals surface area contributed by atoms with E-state index in [2.05, 4.69) is 13.8 Å². The van der Waals surface area contributed by atoms with Crippen molar-refractivity contribution in [3.05, 3.63) is 24.3 Å². The van der Waals surface area contributed by atoms with Crippen molar-refractivity contribution in [2.24, 2.45) is 0 Å². The van der Waals surface area contributed by atoms with E-state index in [9.17, 15) is 29.4 Å². The average Bonchev–Trinajstić information content (AvgIpc) is 2.75. The first kappa shape index (κ1) is 43.2. The molecule has 0 aromatic carbocycles. The number of carboxylic acids is 2. The normalized spacial score (nSPS) is 9.66. The summed E-state index contributed by atoms with van der Waals surface area (Å²) in [6.07, 6.45) is 16.5. The topological polar surface area (TPSA) is 133 Å². The van der Waals surface area contributed by atoms with Crippen LogP contribution in [0, 0.1) is 0 Å². The van der Waals surface area contributed by atoms with E-state index in [1.165, 1.54) is 38.5 Å². The molecule has 8 nitrogen and oxygen atoms in total. The van der Waals surface area contributed by atoms with Crippen molar-refractivity contribution in [3.8, 4) is 0 Å². The second-order valence-electron chi connectivity index (χ2n) is 7.18. The molecule has 0 amide bonds. The van der Waals surface area contributed by atoms with Crippen molar-refractivity contribution >= 4 is 47.8 Å². The number of hydrogen-bond donors (Lipinski definition) is 0. The summed E-state index contributed by atoms with van der Waals surface area (Å²) in [6.45, 7) is 5.02. The van der Waals surface area contributed by atoms with Gasteiger partial charge in [0.2, 0.25) is 0 Å². The zero-order valence-electron chi connectivity index (χ0n) is 20.0. The minimum Gasteiger partial charge on any atom is -0.545 e. The zero-order chi connectivity index (χ0) is 24.5. The Morgan fingerprint density at radius 2 is 0.829 bits per heavy atom. The van der Waals surface area contributed by atoms with E-state index >= 15 is 0 Å². The smallest absolute Gasteiger partial charge is 0.545 e. The second kappa shape index (κ2) is 34.3. The van der Waals surface area contributed by atoms with Gasteiger partial charge in [-0.05, 0) is 25.0 Å². The zero-order valence-corrected chi connectivity index (χ0v) is 22.8. The summed E-state index contributed by atoms with van der Waals surface area (Å²) in [4.78, 5) is 41.7. The van der Waals surface area contributed by atoms with Gasteiger partial charge >= 0.3 is 35.8 Å². The van der Waals surface area contributed by atoms with E-state index in [0.717, 1.165) is 50.7 Å². The van der Waals surface area contributed by atoms with E-state index < -0.39 is 23.9 Å². The molecule has 0 fully saturated rings. The molecule has 0 rings (SSSR count). The third kappa shape index (κ3) is 42.7. The van der Waals surface area contributed by atoms with Gasteiger partial charge in [-0.3, -0.25) is 0 Å². The number of unbranched alkanes of at least 4 members (excludes halogenated alkanes) is 10. The van der Waals surface area contributed by atoms with Gasteiger partial charge in [0.25, 0.3) is 0 Å². The molecule has 0 saturated carbocycles. The molecule has 0 aliphatic heterocycles. The Labute approximate surface area is 229 Å². The largest absolute Gasteiger partial charge is 2.00 e. The Balaban J connectivity index is -0.000000158. The summed E-state index contributed by atoms with van der Waals surface area (Å²) >= 11 is 0. The number of carbonyl (C=O) groups excluding carboxylic acids is 4. The minimum atomic E-state index is -1.39. The van der Waals surface area contributed by atoms with Crippen molar-refractivity contribution in [2.75, 3.05) is 13.2 Å². The fraction of sp³-hybridized carbons (Fsp3) is 0.692. The van der Waals surface area contributed by atoms with Crippen LogP contribution < -0.4 is 10.2 Å². The average molecular weight is 605 g/mol. The SMILES string of the molecule is C.C.CCCCCCCCOC(=O)C=CC(=O)[O-].CCCCCCCCOC(=O)C=CC(=O)[O-].[Sn+2]. The van der Waals surface area contributed by atoms with Crippen molar-refractivity contribution in [3.63, 3.8) is 0 Å². The first-order valence-corrected chi connectivity index (χ1v) is 11.4. The Bertz CT molecular complexity index is 524. The van der Waals surface area contributed by atoms with Crippen LogP contribution in [0.3, 0.4) is 0 Å². The quantitative estimate of drug-likeness (QED) is 0.101. The van der Waals surface area contributed by atoms with Crippen LogP contribution in [0.4, 0.5) is 0 Å². The van der Waals surface area contributed by atoms with Gasteiger partial charge in [0.15, 0.2) is 0 Å². The van der Waals surface area contributed by atoms with Gasteiger partial charge < -0.3 is 29.3 Å². The number of rotatable bonds is 18. The molecule has 0 aliphatic carbocycles. The molecule has 202 valence electrons. The molecule has 0 aromatic heterocycles. The maximum Gasteiger partial charge on any atom is 2.00 e. The van der Waals surface area contributed by atoms with Crippen molar-refractivity contribution in [2.45, 2.75) is 106 Å². The summed E-state index contributed by atoms with van der Waals surface area (Å²) in [5.41, 5.74) is 0. The van der Waals surface area contributed by atoms with Gasteiger partial charge in [-0.25, -0.2) is 9.59 Å². The van der Waals surface area contributed by atoms with Crippen molar-refractivity contribution in [1.29, 1.82) is 0 Å². The van der Waals surface area contributed by atoms with Crippen LogP contribution in [0.5, 0.6) is 0 Å². The minimum absolute atomic E-state index is 0. The molecule has 0 aliphatic rings. The Hall–Kier alpha value is -1.84.